The van der Waals surface area contributed by atoms with Gasteiger partial charge in [0, 0.05) is 24.7 Å². The lowest BCUT2D eigenvalue weighted by molar-refractivity contribution is -0.121. The molecule has 0 aliphatic carbocycles. The molecule has 0 fully saturated rings. The summed E-state index contributed by atoms with van der Waals surface area (Å²) in [5, 5.41) is 11.2. The first kappa shape index (κ1) is 15.7. The van der Waals surface area contributed by atoms with E-state index in [-0.39, 0.29) is 25.0 Å². The highest BCUT2D eigenvalue weighted by atomic mass is 16.2. The molecule has 2 amide bonds. The first-order chi connectivity index (χ1) is 9.62. The second-order valence-corrected chi connectivity index (χ2v) is 4.03. The Bertz CT molecular complexity index is 544. The lowest BCUT2D eigenvalue weighted by atomic mass is 10.1. The van der Waals surface area contributed by atoms with Gasteiger partial charge in [-0.25, -0.2) is 0 Å². The van der Waals surface area contributed by atoms with E-state index in [1.165, 1.54) is 11.9 Å². The van der Waals surface area contributed by atoms with Crippen LogP contribution < -0.4 is 5.32 Å². The molecule has 0 radical (unpaired) electrons. The van der Waals surface area contributed by atoms with Crippen LogP contribution in [-0.4, -0.2) is 48.6 Å². The van der Waals surface area contributed by atoms with Crippen molar-refractivity contribution in [1.82, 2.24) is 10.2 Å². The fraction of sp³-hybridized carbons (Fsp3) is 0.333. The zero-order valence-corrected chi connectivity index (χ0v) is 11.6. The fourth-order valence-electron chi connectivity index (χ4n) is 1.63. The monoisotopic (exact) mass is 274 g/mol. The molecule has 0 saturated carbocycles. The van der Waals surface area contributed by atoms with Gasteiger partial charge < -0.3 is 15.3 Å². The van der Waals surface area contributed by atoms with Gasteiger partial charge in [0.05, 0.1) is 6.54 Å². The molecular weight excluding hydrogens is 256 g/mol. The first-order valence-corrected chi connectivity index (χ1v) is 6.32. The lowest BCUT2D eigenvalue weighted by Gasteiger charge is -2.20. The zero-order valence-electron chi connectivity index (χ0n) is 11.6. The van der Waals surface area contributed by atoms with Crippen molar-refractivity contribution in [1.29, 1.82) is 0 Å². The predicted octanol–water partition coefficient (Wildman–Crippen LogP) is 0.238. The largest absolute Gasteiger partial charge is 0.384 e. The van der Waals surface area contributed by atoms with Crippen LogP contribution >= 0.6 is 0 Å². The summed E-state index contributed by atoms with van der Waals surface area (Å²) in [5.41, 5.74) is 1.13. The molecule has 0 aromatic heterocycles. The number of carbonyl (C=O) groups is 2. The highest BCUT2D eigenvalue weighted by Crippen LogP contribution is 2.08. The van der Waals surface area contributed by atoms with Crippen LogP contribution in [0.2, 0.25) is 0 Å². The molecule has 0 saturated heterocycles. The summed E-state index contributed by atoms with van der Waals surface area (Å²) < 4.78 is 0. The van der Waals surface area contributed by atoms with Gasteiger partial charge in [-0.1, -0.05) is 17.9 Å². The van der Waals surface area contributed by atoms with E-state index < -0.39 is 0 Å². The number of rotatable bonds is 4. The van der Waals surface area contributed by atoms with Gasteiger partial charge in [-0.2, -0.15) is 0 Å². The average Bonchev–Trinajstić information content (AvgIpc) is 2.49. The van der Waals surface area contributed by atoms with Crippen molar-refractivity contribution >= 4 is 11.8 Å². The summed E-state index contributed by atoms with van der Waals surface area (Å²) in [7, 11) is 1.53. The molecule has 0 spiro atoms. The van der Waals surface area contributed by atoms with E-state index in [4.69, 9.17) is 5.11 Å². The van der Waals surface area contributed by atoms with E-state index in [0.29, 0.717) is 17.7 Å². The van der Waals surface area contributed by atoms with Crippen molar-refractivity contribution < 1.29 is 14.7 Å². The normalized spacial score (nSPS) is 9.35. The van der Waals surface area contributed by atoms with Crippen molar-refractivity contribution in [2.75, 3.05) is 26.7 Å². The second-order valence-electron chi connectivity index (χ2n) is 4.03. The van der Waals surface area contributed by atoms with Crippen molar-refractivity contribution in [2.45, 2.75) is 6.92 Å². The third-order valence-corrected chi connectivity index (χ3v) is 2.70. The number of hydrogen-bond acceptors (Lipinski definition) is 3. The number of nitrogens with zero attached hydrogens (tertiary/aromatic N) is 1. The minimum Gasteiger partial charge on any atom is -0.384 e. The Morgan fingerprint density at radius 3 is 2.75 bits per heavy atom. The van der Waals surface area contributed by atoms with Crippen LogP contribution in [0.4, 0.5) is 0 Å². The van der Waals surface area contributed by atoms with E-state index >= 15 is 0 Å². The fourth-order valence-corrected chi connectivity index (χ4v) is 1.63. The standard InChI is InChI=1S/C15H18N2O3/c1-3-17(11-14(19)16-2)15(20)13-8-4-6-12(10-13)7-5-9-18/h4,6,8,10,18H,3,9,11H2,1-2H3,(H,16,19). The quantitative estimate of drug-likeness (QED) is 0.773. The van der Waals surface area contributed by atoms with Gasteiger partial charge in [-0.15, -0.1) is 0 Å². The maximum atomic E-state index is 12.3. The number of benzene rings is 1. The highest BCUT2D eigenvalue weighted by Gasteiger charge is 2.16. The van der Waals surface area contributed by atoms with Gasteiger partial charge in [-0.3, -0.25) is 9.59 Å². The summed E-state index contributed by atoms with van der Waals surface area (Å²) in [6.07, 6.45) is 0. The Hall–Kier alpha value is -2.32. The Labute approximate surface area is 118 Å². The second kappa shape index (κ2) is 7.97. The molecule has 2 N–H and O–H groups in total. The van der Waals surface area contributed by atoms with E-state index in [2.05, 4.69) is 17.2 Å². The van der Waals surface area contributed by atoms with E-state index in [1.54, 1.807) is 24.3 Å². The van der Waals surface area contributed by atoms with Gasteiger partial charge in [-0.05, 0) is 25.1 Å². The summed E-state index contributed by atoms with van der Waals surface area (Å²) in [4.78, 5) is 25.1. The molecular formula is C15H18N2O3. The predicted molar refractivity (Wildman–Crippen MR) is 76.1 cm³/mol. The summed E-state index contributed by atoms with van der Waals surface area (Å²) in [6.45, 7) is 2.06. The molecule has 0 atom stereocenters. The van der Waals surface area contributed by atoms with Gasteiger partial charge in [0.2, 0.25) is 5.91 Å². The molecule has 1 aromatic rings. The Kier molecular flexibility index (Phi) is 6.27. The molecule has 1 rings (SSSR count). The minimum absolute atomic E-state index is 0.0262. The van der Waals surface area contributed by atoms with Gasteiger partial charge in [0.15, 0.2) is 0 Å². The number of likely N-dealkylation sites (N-methyl/N-ethyl adjacent to an activating group) is 2. The summed E-state index contributed by atoms with van der Waals surface area (Å²) >= 11 is 0. The molecule has 5 nitrogen and oxygen atoms in total. The summed E-state index contributed by atoms with van der Waals surface area (Å²) in [6, 6.07) is 6.81. The van der Waals surface area contributed by atoms with Gasteiger partial charge >= 0.3 is 0 Å². The van der Waals surface area contributed by atoms with Crippen molar-refractivity contribution in [3.05, 3.63) is 35.4 Å². The maximum absolute atomic E-state index is 12.3. The van der Waals surface area contributed by atoms with Crippen molar-refractivity contribution in [3.8, 4) is 11.8 Å². The zero-order chi connectivity index (χ0) is 15.0. The molecule has 20 heavy (non-hydrogen) atoms. The Morgan fingerprint density at radius 1 is 1.40 bits per heavy atom. The minimum atomic E-state index is -0.226. The molecule has 0 unspecified atom stereocenters. The number of hydrogen-bond donors (Lipinski definition) is 2. The number of aliphatic hydroxyl groups is 1. The van der Waals surface area contributed by atoms with Crippen LogP contribution in [0.25, 0.3) is 0 Å². The van der Waals surface area contributed by atoms with Crippen LogP contribution in [0, 0.1) is 11.8 Å². The van der Waals surface area contributed by atoms with Crippen LogP contribution in [0.3, 0.4) is 0 Å². The van der Waals surface area contributed by atoms with Crippen LogP contribution in [-0.2, 0) is 4.79 Å². The maximum Gasteiger partial charge on any atom is 0.254 e. The molecule has 0 bridgehead atoms. The smallest absolute Gasteiger partial charge is 0.254 e. The third kappa shape index (κ3) is 4.41. The van der Waals surface area contributed by atoms with E-state index in [9.17, 15) is 9.59 Å². The molecule has 0 aliphatic heterocycles. The Balaban J connectivity index is 2.92. The van der Waals surface area contributed by atoms with Crippen LogP contribution in [0.15, 0.2) is 24.3 Å². The first-order valence-electron chi connectivity index (χ1n) is 6.32. The van der Waals surface area contributed by atoms with E-state index in [1.807, 2.05) is 6.92 Å². The van der Waals surface area contributed by atoms with Crippen LogP contribution in [0.1, 0.15) is 22.8 Å². The van der Waals surface area contributed by atoms with Gasteiger partial charge in [0.25, 0.3) is 5.91 Å². The molecule has 106 valence electrons. The molecule has 1 aromatic carbocycles. The molecule has 0 heterocycles. The Morgan fingerprint density at radius 2 is 2.15 bits per heavy atom. The number of nitrogens with one attached hydrogen (secondary N) is 1. The average molecular weight is 274 g/mol. The van der Waals surface area contributed by atoms with Crippen molar-refractivity contribution in [3.63, 3.8) is 0 Å². The third-order valence-electron chi connectivity index (χ3n) is 2.70. The molecule has 5 heteroatoms. The summed E-state index contributed by atoms with van der Waals surface area (Å²) in [5.74, 6) is 4.85. The number of carbonyl (C=O) groups excluding carboxylic acids is 2. The van der Waals surface area contributed by atoms with Gasteiger partial charge in [0.1, 0.15) is 6.61 Å². The lowest BCUT2D eigenvalue weighted by Crippen LogP contribution is -2.39. The highest BCUT2D eigenvalue weighted by molar-refractivity contribution is 5.96. The van der Waals surface area contributed by atoms with E-state index in [0.717, 1.165) is 0 Å². The van der Waals surface area contributed by atoms with Crippen molar-refractivity contribution in [2.24, 2.45) is 0 Å². The SMILES string of the molecule is CCN(CC(=O)NC)C(=O)c1cccc(C#CCO)c1. The topological polar surface area (TPSA) is 69.6 Å². The number of amides is 2. The van der Waals surface area contributed by atoms with Crippen LogP contribution in [0.5, 0.6) is 0 Å². The number of aliphatic hydroxyl groups excluding tert-OH is 1. The molecule has 0 aliphatic rings.